The number of para-hydroxylation sites is 1. The van der Waals surface area contributed by atoms with Crippen LogP contribution in [0.15, 0.2) is 57.9 Å². The van der Waals surface area contributed by atoms with Crippen LogP contribution < -0.4 is 17.1 Å². The molecule has 2 rings (SSSR count). The van der Waals surface area contributed by atoms with E-state index in [1.54, 1.807) is 30.3 Å². The fraction of sp³-hybridized carbons (Fsp3) is 0. The van der Waals surface area contributed by atoms with Crippen molar-refractivity contribution in [1.82, 2.24) is 13.7 Å². The van der Waals surface area contributed by atoms with Crippen molar-refractivity contribution in [3.05, 3.63) is 74.9 Å². The summed E-state index contributed by atoms with van der Waals surface area (Å²) in [6.07, 6.45) is 2.12. The Morgan fingerprint density at radius 1 is 0.789 bits per heavy atom. The van der Waals surface area contributed by atoms with E-state index < -0.39 is 17.1 Å². The second kappa shape index (κ2) is 4.77. The van der Waals surface area contributed by atoms with Crippen LogP contribution in [-0.4, -0.2) is 13.7 Å². The van der Waals surface area contributed by atoms with Gasteiger partial charge >= 0.3 is 17.1 Å². The van der Waals surface area contributed by atoms with E-state index in [-0.39, 0.29) is 0 Å². The fourth-order valence-electron chi connectivity index (χ4n) is 1.69. The third-order valence-electron chi connectivity index (χ3n) is 2.59. The van der Waals surface area contributed by atoms with E-state index in [1.807, 2.05) is 0 Å². The maximum absolute atomic E-state index is 12.1. The molecule has 0 radical (unpaired) electrons. The summed E-state index contributed by atoms with van der Waals surface area (Å²) in [5.74, 6) is 0. The lowest BCUT2D eigenvalue weighted by molar-refractivity contribution is 0.691. The zero-order chi connectivity index (χ0) is 14.0. The highest BCUT2D eigenvalue weighted by atomic mass is 16.2. The van der Waals surface area contributed by atoms with Crippen LogP contribution in [0.25, 0.3) is 18.1 Å². The molecule has 1 aromatic heterocycles. The Morgan fingerprint density at radius 2 is 1.26 bits per heavy atom. The molecule has 6 nitrogen and oxygen atoms in total. The van der Waals surface area contributed by atoms with E-state index in [0.717, 1.165) is 26.1 Å². The minimum atomic E-state index is -0.799. The first kappa shape index (κ1) is 12.6. The van der Waals surface area contributed by atoms with Crippen LogP contribution in [0.1, 0.15) is 0 Å². The number of hydrogen-bond donors (Lipinski definition) is 0. The Balaban J connectivity index is 3.02. The van der Waals surface area contributed by atoms with Crippen LogP contribution in [0.4, 0.5) is 0 Å². The first-order valence-electron chi connectivity index (χ1n) is 5.42. The Morgan fingerprint density at radius 3 is 1.68 bits per heavy atom. The molecular formula is C13H11N3O3. The first-order valence-corrected chi connectivity index (χ1v) is 5.42. The van der Waals surface area contributed by atoms with Crippen LogP contribution in [-0.2, 0) is 0 Å². The normalized spacial score (nSPS) is 10.1. The second-order valence-electron chi connectivity index (χ2n) is 3.62. The average molecular weight is 257 g/mol. The molecule has 1 heterocycles. The highest BCUT2D eigenvalue weighted by Gasteiger charge is 2.13. The van der Waals surface area contributed by atoms with Crippen molar-refractivity contribution < 1.29 is 0 Å². The molecule has 0 saturated carbocycles. The molecule has 2 aromatic rings. The Bertz CT molecular complexity index is 764. The van der Waals surface area contributed by atoms with Crippen LogP contribution in [0, 0.1) is 0 Å². The van der Waals surface area contributed by atoms with Gasteiger partial charge in [0, 0.05) is 12.4 Å². The van der Waals surface area contributed by atoms with Gasteiger partial charge in [-0.1, -0.05) is 31.4 Å². The lowest BCUT2D eigenvalue weighted by Gasteiger charge is -2.08. The van der Waals surface area contributed by atoms with E-state index >= 15 is 0 Å². The maximum Gasteiger partial charge on any atom is 0.345 e. The van der Waals surface area contributed by atoms with Crippen molar-refractivity contribution in [1.29, 1.82) is 0 Å². The summed E-state index contributed by atoms with van der Waals surface area (Å²) in [5.41, 5.74) is -1.97. The molecule has 0 unspecified atom stereocenters. The number of rotatable bonds is 3. The molecule has 96 valence electrons. The smallest absolute Gasteiger partial charge is 0.247 e. The average Bonchev–Trinajstić information content (AvgIpc) is 2.41. The molecule has 0 atom stereocenters. The van der Waals surface area contributed by atoms with E-state index in [1.165, 1.54) is 0 Å². The SMILES string of the molecule is C=Cn1c(=O)n(C=C)c(=O)n(-c2ccccc2)c1=O. The molecular weight excluding hydrogens is 246 g/mol. The Kier molecular flexibility index (Phi) is 3.15. The van der Waals surface area contributed by atoms with Crippen molar-refractivity contribution in [3.63, 3.8) is 0 Å². The molecule has 0 aliphatic rings. The van der Waals surface area contributed by atoms with Crippen molar-refractivity contribution in [2.75, 3.05) is 0 Å². The summed E-state index contributed by atoms with van der Waals surface area (Å²) in [6, 6.07) is 8.30. The third kappa shape index (κ3) is 1.89. The van der Waals surface area contributed by atoms with Gasteiger partial charge < -0.3 is 0 Å². The van der Waals surface area contributed by atoms with Crippen LogP contribution in [0.2, 0.25) is 0 Å². The van der Waals surface area contributed by atoms with Crippen LogP contribution >= 0.6 is 0 Å². The molecule has 0 aliphatic carbocycles. The minimum Gasteiger partial charge on any atom is -0.247 e. The predicted octanol–water partition coefficient (Wildman–Crippen LogP) is 0.362. The van der Waals surface area contributed by atoms with Crippen molar-refractivity contribution in [3.8, 4) is 5.69 Å². The quantitative estimate of drug-likeness (QED) is 0.797. The van der Waals surface area contributed by atoms with E-state index in [9.17, 15) is 14.4 Å². The summed E-state index contributed by atoms with van der Waals surface area (Å²) in [4.78, 5) is 36.1. The van der Waals surface area contributed by atoms with Crippen molar-refractivity contribution >= 4 is 12.4 Å². The van der Waals surface area contributed by atoms with Gasteiger partial charge in [-0.3, -0.25) is 0 Å². The van der Waals surface area contributed by atoms with Crippen LogP contribution in [0.5, 0.6) is 0 Å². The first-order chi connectivity index (χ1) is 9.11. The highest BCUT2D eigenvalue weighted by Crippen LogP contribution is 1.99. The maximum atomic E-state index is 12.1. The monoisotopic (exact) mass is 257 g/mol. The fourth-order valence-corrected chi connectivity index (χ4v) is 1.69. The summed E-state index contributed by atoms with van der Waals surface area (Å²) >= 11 is 0. The standard InChI is InChI=1S/C13H11N3O3/c1-3-14-11(17)15(4-2)13(19)16(12(14)18)10-8-6-5-7-9-10/h3-9H,1-2H2. The van der Waals surface area contributed by atoms with Crippen LogP contribution in [0.3, 0.4) is 0 Å². The summed E-state index contributed by atoms with van der Waals surface area (Å²) in [5, 5.41) is 0. The summed E-state index contributed by atoms with van der Waals surface area (Å²) in [6.45, 7) is 6.78. The van der Waals surface area contributed by atoms with E-state index in [4.69, 9.17) is 0 Å². The zero-order valence-electron chi connectivity index (χ0n) is 10.0. The molecule has 0 aliphatic heterocycles. The van der Waals surface area contributed by atoms with Gasteiger partial charge in [-0.2, -0.15) is 0 Å². The van der Waals surface area contributed by atoms with E-state index in [0.29, 0.717) is 5.69 Å². The number of benzene rings is 1. The topological polar surface area (TPSA) is 66.0 Å². The highest BCUT2D eigenvalue weighted by molar-refractivity contribution is 5.32. The minimum absolute atomic E-state index is 0.365. The molecule has 0 spiro atoms. The summed E-state index contributed by atoms with van der Waals surface area (Å²) < 4.78 is 2.37. The Hall–Kier alpha value is -2.89. The van der Waals surface area contributed by atoms with Gasteiger partial charge in [0.2, 0.25) is 0 Å². The molecule has 19 heavy (non-hydrogen) atoms. The predicted molar refractivity (Wildman–Crippen MR) is 73.3 cm³/mol. The largest absolute Gasteiger partial charge is 0.345 e. The Labute approximate surface area is 107 Å². The van der Waals surface area contributed by atoms with Gasteiger partial charge in [-0.15, -0.1) is 0 Å². The molecule has 0 amide bonds. The van der Waals surface area contributed by atoms with Gasteiger partial charge in [-0.05, 0) is 12.1 Å². The van der Waals surface area contributed by atoms with Crippen molar-refractivity contribution in [2.45, 2.75) is 0 Å². The third-order valence-corrected chi connectivity index (χ3v) is 2.59. The van der Waals surface area contributed by atoms with Gasteiger partial charge in [-0.25, -0.2) is 28.1 Å². The van der Waals surface area contributed by atoms with Gasteiger partial charge in [0.15, 0.2) is 0 Å². The molecule has 1 aromatic carbocycles. The lowest BCUT2D eigenvalue weighted by Crippen LogP contribution is -2.51. The molecule has 0 N–H and O–H groups in total. The molecule has 6 heteroatoms. The van der Waals surface area contributed by atoms with Crippen molar-refractivity contribution in [2.24, 2.45) is 0 Å². The van der Waals surface area contributed by atoms with Gasteiger partial charge in [0.1, 0.15) is 0 Å². The van der Waals surface area contributed by atoms with E-state index in [2.05, 4.69) is 13.2 Å². The summed E-state index contributed by atoms with van der Waals surface area (Å²) in [7, 11) is 0. The van der Waals surface area contributed by atoms with Gasteiger partial charge in [0.25, 0.3) is 0 Å². The van der Waals surface area contributed by atoms with Gasteiger partial charge in [0.05, 0.1) is 5.69 Å². The number of hydrogen-bond acceptors (Lipinski definition) is 3. The molecule has 0 saturated heterocycles. The lowest BCUT2D eigenvalue weighted by atomic mass is 10.3. The second-order valence-corrected chi connectivity index (χ2v) is 3.62. The number of aromatic nitrogens is 3. The molecule has 0 bridgehead atoms. The molecule has 0 fully saturated rings. The zero-order valence-corrected chi connectivity index (χ0v) is 10.0. The number of nitrogens with zero attached hydrogens (tertiary/aromatic N) is 3.